The van der Waals surface area contributed by atoms with Gasteiger partial charge in [0.2, 0.25) is 11.5 Å². The molecule has 42 heavy (non-hydrogen) atoms. The molecule has 0 bridgehead atoms. The first-order valence-electron chi connectivity index (χ1n) is 12.8. The summed E-state index contributed by atoms with van der Waals surface area (Å²) >= 11 is 0. The molecule has 0 radical (unpaired) electrons. The first-order valence-corrected chi connectivity index (χ1v) is 12.8. The summed E-state index contributed by atoms with van der Waals surface area (Å²) in [6.45, 7) is 0.307. The van der Waals surface area contributed by atoms with Gasteiger partial charge in [-0.05, 0) is 35.4 Å². The van der Waals surface area contributed by atoms with Gasteiger partial charge in [0.1, 0.15) is 36.2 Å². The van der Waals surface area contributed by atoms with E-state index >= 15 is 0 Å². The van der Waals surface area contributed by atoms with Crippen molar-refractivity contribution in [1.29, 1.82) is 0 Å². The molecule has 5 rings (SSSR count). The fourth-order valence-electron chi connectivity index (χ4n) is 3.99. The zero-order valence-electron chi connectivity index (χ0n) is 22.1. The van der Waals surface area contributed by atoms with E-state index in [1.165, 1.54) is 36.4 Å². The minimum atomic E-state index is -0.513. The summed E-state index contributed by atoms with van der Waals surface area (Å²) in [5.41, 5.74) is 1.36. The number of ether oxygens (including phenoxy) is 4. The molecule has 0 saturated carbocycles. The van der Waals surface area contributed by atoms with Crippen LogP contribution in [0.2, 0.25) is 0 Å². The van der Waals surface area contributed by atoms with E-state index in [2.05, 4.69) is 0 Å². The Hall–Kier alpha value is -5.90. The van der Waals surface area contributed by atoms with Gasteiger partial charge in [-0.3, -0.25) is 20.2 Å². The highest BCUT2D eigenvalue weighted by Crippen LogP contribution is 2.37. The monoisotopic (exact) mass is 564 g/mol. The predicted octanol–water partition coefficient (Wildman–Crippen LogP) is 8.25. The third kappa shape index (κ3) is 7.19. The van der Waals surface area contributed by atoms with Crippen molar-refractivity contribution in [2.24, 2.45) is 0 Å². The molecule has 0 unspecified atom stereocenters. The van der Waals surface area contributed by atoms with Crippen molar-refractivity contribution in [3.05, 3.63) is 153 Å². The number of rotatable bonds is 12. The smallest absolute Gasteiger partial charge is 0.311 e. The lowest BCUT2D eigenvalue weighted by Gasteiger charge is -2.12. The second-order valence-electron chi connectivity index (χ2n) is 9.00. The minimum Gasteiger partial charge on any atom is -0.482 e. The standard InChI is InChI=1S/C32H24N2O8/c35-33(36)29-16-14-27(19-31(29)39-21-23-8-3-1-4-9-23)41-25-12-7-13-26(18-25)42-28-15-17-30(34(37)38)32(20-28)40-22-24-10-5-2-6-11-24/h1-20H,21-22H2. The second kappa shape index (κ2) is 13.0. The summed E-state index contributed by atoms with van der Waals surface area (Å²) < 4.78 is 23.4. The normalized spacial score (nSPS) is 10.5. The average molecular weight is 565 g/mol. The quantitative estimate of drug-likeness (QED) is 0.110. The number of hydrogen-bond donors (Lipinski definition) is 0. The summed E-state index contributed by atoms with van der Waals surface area (Å²) in [6.07, 6.45) is 0. The molecule has 0 atom stereocenters. The third-order valence-electron chi connectivity index (χ3n) is 6.01. The SMILES string of the molecule is O=[N+]([O-])c1ccc(Oc2cccc(Oc3ccc([N+](=O)[O-])c(OCc4ccccc4)c3)c2)cc1OCc1ccccc1. The molecule has 0 aliphatic carbocycles. The van der Waals surface area contributed by atoms with E-state index < -0.39 is 9.85 Å². The van der Waals surface area contributed by atoms with Crippen LogP contribution in [0, 0.1) is 20.2 Å². The van der Waals surface area contributed by atoms with Crippen molar-refractivity contribution in [1.82, 2.24) is 0 Å². The summed E-state index contributed by atoms with van der Waals surface area (Å²) in [5.74, 6) is 1.60. The van der Waals surface area contributed by atoms with Gasteiger partial charge in [-0.15, -0.1) is 0 Å². The molecular weight excluding hydrogens is 540 g/mol. The van der Waals surface area contributed by atoms with Gasteiger partial charge in [-0.25, -0.2) is 0 Å². The maximum Gasteiger partial charge on any atom is 0.311 e. The molecule has 0 aromatic heterocycles. The Kier molecular flexibility index (Phi) is 8.54. The van der Waals surface area contributed by atoms with Crippen molar-refractivity contribution >= 4 is 11.4 Å². The topological polar surface area (TPSA) is 123 Å². The van der Waals surface area contributed by atoms with Crippen LogP contribution in [0.15, 0.2) is 121 Å². The van der Waals surface area contributed by atoms with E-state index in [4.69, 9.17) is 18.9 Å². The second-order valence-corrected chi connectivity index (χ2v) is 9.00. The van der Waals surface area contributed by atoms with Crippen LogP contribution < -0.4 is 18.9 Å². The van der Waals surface area contributed by atoms with Gasteiger partial charge in [0.15, 0.2) is 0 Å². The van der Waals surface area contributed by atoms with E-state index in [0.717, 1.165) is 11.1 Å². The predicted molar refractivity (Wildman–Crippen MR) is 154 cm³/mol. The molecule has 0 saturated heterocycles. The fourth-order valence-corrected chi connectivity index (χ4v) is 3.99. The number of benzene rings is 5. The number of nitro benzene ring substituents is 2. The van der Waals surface area contributed by atoms with Gasteiger partial charge in [0.25, 0.3) is 0 Å². The molecule has 0 aliphatic heterocycles. The van der Waals surface area contributed by atoms with Crippen molar-refractivity contribution in [2.45, 2.75) is 13.2 Å². The van der Waals surface area contributed by atoms with E-state index in [1.807, 2.05) is 60.7 Å². The molecule has 0 fully saturated rings. The molecule has 10 heteroatoms. The largest absolute Gasteiger partial charge is 0.482 e. The van der Waals surface area contributed by atoms with E-state index in [-0.39, 0.29) is 36.1 Å². The molecule has 0 spiro atoms. The van der Waals surface area contributed by atoms with Gasteiger partial charge in [-0.2, -0.15) is 0 Å². The van der Waals surface area contributed by atoms with Crippen LogP contribution in [-0.4, -0.2) is 9.85 Å². The minimum absolute atomic E-state index is 0.0719. The van der Waals surface area contributed by atoms with Gasteiger partial charge < -0.3 is 18.9 Å². The highest BCUT2D eigenvalue weighted by molar-refractivity contribution is 5.53. The van der Waals surface area contributed by atoms with E-state index in [0.29, 0.717) is 23.0 Å². The lowest BCUT2D eigenvalue weighted by molar-refractivity contribution is -0.386. The van der Waals surface area contributed by atoms with Crippen molar-refractivity contribution in [2.75, 3.05) is 0 Å². The summed E-state index contributed by atoms with van der Waals surface area (Å²) in [6, 6.07) is 33.9. The highest BCUT2D eigenvalue weighted by Gasteiger charge is 2.18. The molecule has 5 aromatic carbocycles. The van der Waals surface area contributed by atoms with Gasteiger partial charge in [0.05, 0.1) is 9.85 Å². The number of nitrogens with zero attached hydrogens (tertiary/aromatic N) is 2. The summed E-state index contributed by atoms with van der Waals surface area (Å²) in [4.78, 5) is 22.1. The van der Waals surface area contributed by atoms with Crippen LogP contribution in [-0.2, 0) is 13.2 Å². The maximum absolute atomic E-state index is 11.5. The zero-order chi connectivity index (χ0) is 29.3. The van der Waals surface area contributed by atoms with Crippen LogP contribution in [0.25, 0.3) is 0 Å². The van der Waals surface area contributed by atoms with Gasteiger partial charge >= 0.3 is 11.4 Å². The Bertz CT molecular complexity index is 1570. The zero-order valence-corrected chi connectivity index (χ0v) is 22.1. The molecular formula is C32H24N2O8. The maximum atomic E-state index is 11.5. The van der Waals surface area contributed by atoms with Gasteiger partial charge in [0, 0.05) is 30.3 Å². The number of nitro groups is 2. The molecule has 0 aliphatic rings. The molecule has 210 valence electrons. The molecule has 0 heterocycles. The summed E-state index contributed by atoms with van der Waals surface area (Å²) in [7, 11) is 0. The van der Waals surface area contributed by atoms with Crippen molar-refractivity contribution in [3.8, 4) is 34.5 Å². The van der Waals surface area contributed by atoms with Crippen LogP contribution in [0.4, 0.5) is 11.4 Å². The third-order valence-corrected chi connectivity index (χ3v) is 6.01. The molecule has 0 amide bonds. The average Bonchev–Trinajstić information content (AvgIpc) is 3.00. The van der Waals surface area contributed by atoms with Gasteiger partial charge in [-0.1, -0.05) is 66.7 Å². The first kappa shape index (κ1) is 27.7. The first-order chi connectivity index (χ1) is 20.4. The van der Waals surface area contributed by atoms with E-state index in [9.17, 15) is 20.2 Å². The van der Waals surface area contributed by atoms with Crippen LogP contribution in [0.1, 0.15) is 11.1 Å². The Morgan fingerprint density at radius 1 is 0.476 bits per heavy atom. The van der Waals surface area contributed by atoms with Crippen LogP contribution in [0.5, 0.6) is 34.5 Å². The fraction of sp³-hybridized carbons (Fsp3) is 0.0625. The summed E-state index contributed by atoms with van der Waals surface area (Å²) in [5, 5.41) is 23.1. The Morgan fingerprint density at radius 2 is 0.881 bits per heavy atom. The highest BCUT2D eigenvalue weighted by atomic mass is 16.6. The Balaban J connectivity index is 1.31. The molecule has 5 aromatic rings. The molecule has 0 N–H and O–H groups in total. The lowest BCUT2D eigenvalue weighted by atomic mass is 10.2. The van der Waals surface area contributed by atoms with Crippen LogP contribution >= 0.6 is 0 Å². The van der Waals surface area contributed by atoms with Crippen molar-refractivity contribution < 1.29 is 28.8 Å². The lowest BCUT2D eigenvalue weighted by Crippen LogP contribution is -2.00. The molecule has 10 nitrogen and oxygen atoms in total. The van der Waals surface area contributed by atoms with Crippen LogP contribution in [0.3, 0.4) is 0 Å². The van der Waals surface area contributed by atoms with E-state index in [1.54, 1.807) is 24.3 Å². The number of hydrogen-bond acceptors (Lipinski definition) is 8. The Morgan fingerprint density at radius 3 is 1.29 bits per heavy atom. The van der Waals surface area contributed by atoms with Crippen molar-refractivity contribution in [3.63, 3.8) is 0 Å². The Labute approximate surface area is 240 Å².